The molecule has 192 valence electrons. The van der Waals surface area contributed by atoms with Gasteiger partial charge >= 0.3 is 0 Å². The molecule has 3 rings (SSSR count). The molecule has 0 bridgehead atoms. The smallest absolute Gasteiger partial charge is 0.224 e. The lowest BCUT2D eigenvalue weighted by atomic mass is 9.88. The summed E-state index contributed by atoms with van der Waals surface area (Å²) in [7, 11) is 1.50. The van der Waals surface area contributed by atoms with Crippen molar-refractivity contribution in [3.05, 3.63) is 83.0 Å². The van der Waals surface area contributed by atoms with E-state index in [1.54, 1.807) is 30.5 Å². The van der Waals surface area contributed by atoms with E-state index in [-0.39, 0.29) is 17.2 Å². The highest BCUT2D eigenvalue weighted by molar-refractivity contribution is 5.82. The van der Waals surface area contributed by atoms with E-state index in [9.17, 15) is 15.0 Å². The van der Waals surface area contributed by atoms with Gasteiger partial charge in [0.05, 0.1) is 19.1 Å². The number of aliphatic hydroxyl groups excluding tert-OH is 1. The van der Waals surface area contributed by atoms with Gasteiger partial charge in [0.15, 0.2) is 11.5 Å². The molecular formula is C28H36N4O4. The van der Waals surface area contributed by atoms with Gasteiger partial charge in [-0.15, -0.1) is 0 Å². The van der Waals surface area contributed by atoms with Gasteiger partial charge in [-0.2, -0.15) is 0 Å². The van der Waals surface area contributed by atoms with E-state index in [0.717, 1.165) is 16.7 Å². The Morgan fingerprint density at radius 2 is 1.89 bits per heavy atom. The van der Waals surface area contributed by atoms with Crippen LogP contribution in [0, 0.1) is 0 Å². The Bertz CT molecular complexity index is 1160. The lowest BCUT2D eigenvalue weighted by molar-refractivity contribution is -0.119. The maximum Gasteiger partial charge on any atom is 0.224 e. The first-order valence-corrected chi connectivity index (χ1v) is 12.0. The van der Waals surface area contributed by atoms with Gasteiger partial charge in [0.2, 0.25) is 5.91 Å². The van der Waals surface area contributed by atoms with Crippen LogP contribution in [0.3, 0.4) is 0 Å². The highest BCUT2D eigenvalue weighted by Gasteiger charge is 2.22. The Morgan fingerprint density at radius 1 is 1.11 bits per heavy atom. The van der Waals surface area contributed by atoms with Crippen molar-refractivity contribution >= 4 is 11.7 Å². The molecule has 0 aliphatic rings. The number of hydrogen-bond donors (Lipinski definition) is 5. The Hall–Kier alpha value is -3.62. The number of aromatic nitrogens is 1. The largest absolute Gasteiger partial charge is 0.504 e. The van der Waals surface area contributed by atoms with Crippen LogP contribution >= 0.6 is 0 Å². The van der Waals surface area contributed by atoms with Crippen molar-refractivity contribution < 1.29 is 19.7 Å². The lowest BCUT2D eigenvalue weighted by Gasteiger charge is -2.28. The summed E-state index contributed by atoms with van der Waals surface area (Å²) in [4.78, 5) is 16.4. The van der Waals surface area contributed by atoms with Crippen LogP contribution in [0.25, 0.3) is 0 Å². The fraction of sp³-hybridized carbons (Fsp3) is 0.357. The van der Waals surface area contributed by atoms with Gasteiger partial charge in [-0.3, -0.25) is 4.79 Å². The number of methoxy groups -OCH3 is 1. The maximum absolute atomic E-state index is 12.3. The Morgan fingerprint density at radius 3 is 2.56 bits per heavy atom. The third kappa shape index (κ3) is 7.44. The first-order valence-electron chi connectivity index (χ1n) is 12.0. The number of nitrogens with two attached hydrogens (primary N) is 2. The summed E-state index contributed by atoms with van der Waals surface area (Å²) in [5.74, 6) is 0.0688. The molecule has 1 heterocycles. The predicted octanol–water partition coefficient (Wildman–Crippen LogP) is 3.22. The Labute approximate surface area is 212 Å². The zero-order chi connectivity index (χ0) is 26.3. The van der Waals surface area contributed by atoms with Crippen LogP contribution < -0.4 is 21.5 Å². The average molecular weight is 493 g/mol. The molecule has 0 aliphatic carbocycles. The van der Waals surface area contributed by atoms with Crippen LogP contribution in [0.5, 0.6) is 11.5 Å². The van der Waals surface area contributed by atoms with Gasteiger partial charge in [-0.25, -0.2) is 4.98 Å². The molecule has 1 amide bonds. The standard InChI is InChI=1S/C28H36N4O4/c1-28(2,32-17-24(34)21-9-12-26(29)31-16-21)15-19-5-4-6-20(13-19)22(27(30)35)10-7-18-8-11-23(33)25(14-18)36-3/h4-6,8-9,11-14,16,22,24,32-34H,7,10,15,17H2,1-3H3,(H2,29,31)(H2,30,35)/t22?,24-/m0/s1. The van der Waals surface area contributed by atoms with Crippen LogP contribution in [0.1, 0.15) is 54.5 Å². The normalized spacial score (nSPS) is 13.2. The molecular weight excluding hydrogens is 456 g/mol. The summed E-state index contributed by atoms with van der Waals surface area (Å²) >= 11 is 0. The van der Waals surface area contributed by atoms with E-state index < -0.39 is 12.0 Å². The minimum Gasteiger partial charge on any atom is -0.504 e. The number of rotatable bonds is 12. The van der Waals surface area contributed by atoms with Crippen LogP contribution in [0.4, 0.5) is 5.82 Å². The van der Waals surface area contributed by atoms with Crippen LogP contribution in [-0.2, 0) is 17.6 Å². The van der Waals surface area contributed by atoms with Gasteiger partial charge in [-0.05, 0) is 68.0 Å². The minimum atomic E-state index is -0.707. The predicted molar refractivity (Wildman–Crippen MR) is 141 cm³/mol. The number of carbonyl (C=O) groups is 1. The first kappa shape index (κ1) is 27.0. The zero-order valence-electron chi connectivity index (χ0n) is 21.1. The van der Waals surface area contributed by atoms with Crippen LogP contribution in [-0.4, -0.2) is 40.3 Å². The third-order valence-corrected chi connectivity index (χ3v) is 6.28. The summed E-state index contributed by atoms with van der Waals surface area (Å²) < 4.78 is 5.18. The second-order valence-electron chi connectivity index (χ2n) is 9.72. The number of benzene rings is 2. The number of phenolic OH excluding ortho intramolecular Hbond substituents is 1. The number of β-amino-alcohol motifs (C(OH)–C–C–N with tert-alkyl or cyclic N) is 1. The molecule has 1 unspecified atom stereocenters. The number of aliphatic hydroxyl groups is 1. The maximum atomic E-state index is 12.3. The second-order valence-corrected chi connectivity index (χ2v) is 9.72. The highest BCUT2D eigenvalue weighted by Crippen LogP contribution is 2.29. The van der Waals surface area contributed by atoms with Gasteiger partial charge in [0.25, 0.3) is 0 Å². The van der Waals surface area contributed by atoms with Crippen LogP contribution in [0.15, 0.2) is 60.8 Å². The van der Waals surface area contributed by atoms with E-state index in [2.05, 4.69) is 24.1 Å². The molecule has 2 atom stereocenters. The summed E-state index contributed by atoms with van der Waals surface area (Å²) in [6, 6.07) is 16.5. The Balaban J connectivity index is 1.65. The van der Waals surface area contributed by atoms with Gasteiger partial charge in [0.1, 0.15) is 5.82 Å². The molecule has 36 heavy (non-hydrogen) atoms. The topological polar surface area (TPSA) is 144 Å². The SMILES string of the molecule is COc1cc(CCC(C(N)=O)c2cccc(CC(C)(C)NC[C@H](O)c3ccc(N)nc3)c2)ccc1O. The zero-order valence-corrected chi connectivity index (χ0v) is 21.1. The number of carbonyl (C=O) groups excluding carboxylic acids is 1. The van der Waals surface area contributed by atoms with Crippen molar-refractivity contribution in [2.45, 2.75) is 50.7 Å². The van der Waals surface area contributed by atoms with E-state index in [1.807, 2.05) is 30.3 Å². The first-order chi connectivity index (χ1) is 17.1. The Kier molecular flexibility index (Phi) is 8.90. The van der Waals surface area contributed by atoms with Crippen molar-refractivity contribution in [2.75, 3.05) is 19.4 Å². The molecule has 0 radical (unpaired) electrons. The van der Waals surface area contributed by atoms with Gasteiger partial charge < -0.3 is 31.7 Å². The quantitative estimate of drug-likeness (QED) is 0.261. The third-order valence-electron chi connectivity index (χ3n) is 6.28. The molecule has 0 saturated heterocycles. The van der Waals surface area contributed by atoms with E-state index >= 15 is 0 Å². The lowest BCUT2D eigenvalue weighted by Crippen LogP contribution is -2.43. The number of pyridine rings is 1. The number of aryl methyl sites for hydroxylation is 1. The van der Waals surface area contributed by atoms with E-state index in [1.165, 1.54) is 7.11 Å². The summed E-state index contributed by atoms with van der Waals surface area (Å²) in [6.45, 7) is 4.49. The van der Waals surface area contributed by atoms with Crippen molar-refractivity contribution in [1.82, 2.24) is 10.3 Å². The molecule has 3 aromatic rings. The van der Waals surface area contributed by atoms with Crippen molar-refractivity contribution in [3.8, 4) is 11.5 Å². The summed E-state index contributed by atoms with van der Waals surface area (Å²) in [5.41, 5.74) is 14.7. The van der Waals surface area contributed by atoms with E-state index in [0.29, 0.717) is 42.9 Å². The number of amides is 1. The van der Waals surface area contributed by atoms with Crippen molar-refractivity contribution in [1.29, 1.82) is 0 Å². The van der Waals surface area contributed by atoms with Gasteiger partial charge in [0, 0.05) is 23.8 Å². The molecule has 0 fully saturated rings. The molecule has 1 aromatic heterocycles. The second kappa shape index (κ2) is 11.9. The fourth-order valence-corrected chi connectivity index (χ4v) is 4.26. The monoisotopic (exact) mass is 492 g/mol. The number of phenols is 1. The molecule has 8 nitrogen and oxygen atoms in total. The van der Waals surface area contributed by atoms with Crippen molar-refractivity contribution in [2.24, 2.45) is 5.73 Å². The average Bonchev–Trinajstić information content (AvgIpc) is 2.84. The summed E-state index contributed by atoms with van der Waals surface area (Å²) in [5, 5.41) is 23.7. The van der Waals surface area contributed by atoms with Crippen molar-refractivity contribution in [3.63, 3.8) is 0 Å². The van der Waals surface area contributed by atoms with E-state index in [4.69, 9.17) is 16.2 Å². The number of ether oxygens (including phenoxy) is 1. The number of anilines is 1. The van der Waals surface area contributed by atoms with Crippen LogP contribution in [0.2, 0.25) is 0 Å². The number of nitrogen functional groups attached to an aromatic ring is 1. The summed E-state index contributed by atoms with van der Waals surface area (Å²) in [6.07, 6.45) is 2.71. The molecule has 0 aliphatic heterocycles. The van der Waals surface area contributed by atoms with Gasteiger partial charge in [-0.1, -0.05) is 36.4 Å². The number of hydrogen-bond acceptors (Lipinski definition) is 7. The molecule has 0 spiro atoms. The number of nitrogens with one attached hydrogen (secondary N) is 1. The number of nitrogens with zero attached hydrogens (tertiary/aromatic N) is 1. The molecule has 0 saturated carbocycles. The highest BCUT2D eigenvalue weighted by atomic mass is 16.5. The minimum absolute atomic E-state index is 0.0780. The number of aromatic hydroxyl groups is 1. The molecule has 8 heteroatoms. The fourth-order valence-electron chi connectivity index (χ4n) is 4.26. The molecule has 7 N–H and O–H groups in total. The number of primary amides is 1. The molecule has 2 aromatic carbocycles.